The minimum absolute atomic E-state index is 0.359. The van der Waals surface area contributed by atoms with Gasteiger partial charge in [0.1, 0.15) is 0 Å². The third kappa shape index (κ3) is 4.98. The number of rotatable bonds is 8. The van der Waals surface area contributed by atoms with Crippen LogP contribution in [0.15, 0.2) is 32.9 Å². The predicted octanol–water partition coefficient (Wildman–Crippen LogP) is 4.40. The number of hydrogen-bond acceptors (Lipinski definition) is 6. The van der Waals surface area contributed by atoms with Crippen molar-refractivity contribution in [3.05, 3.63) is 35.4 Å². The van der Waals surface area contributed by atoms with Crippen LogP contribution in [0, 0.1) is 6.92 Å². The van der Waals surface area contributed by atoms with E-state index in [1.165, 1.54) is 11.1 Å². The molecule has 1 heterocycles. The van der Waals surface area contributed by atoms with E-state index in [1.807, 2.05) is 6.26 Å². The van der Waals surface area contributed by atoms with Crippen LogP contribution in [0.1, 0.15) is 30.5 Å². The lowest BCUT2D eigenvalue weighted by atomic mass is 10.0. The molecule has 0 fully saturated rings. The lowest BCUT2D eigenvalue weighted by molar-refractivity contribution is 0.575. The molecule has 0 aliphatic carbocycles. The second-order valence-corrected chi connectivity index (χ2v) is 8.01. The van der Waals surface area contributed by atoms with Crippen LogP contribution in [0.2, 0.25) is 0 Å². The van der Waals surface area contributed by atoms with E-state index in [1.54, 1.807) is 34.9 Å². The Hall–Kier alpha value is -0.560. The van der Waals surface area contributed by atoms with E-state index in [0.717, 1.165) is 27.4 Å². The van der Waals surface area contributed by atoms with Crippen molar-refractivity contribution >= 4 is 34.9 Å². The van der Waals surface area contributed by atoms with E-state index >= 15 is 0 Å². The molecule has 1 unspecified atom stereocenters. The van der Waals surface area contributed by atoms with Crippen LogP contribution in [0.3, 0.4) is 0 Å². The van der Waals surface area contributed by atoms with Gasteiger partial charge in [-0.1, -0.05) is 66.0 Å². The molecule has 0 amide bonds. The van der Waals surface area contributed by atoms with Crippen molar-refractivity contribution in [3.63, 3.8) is 0 Å². The Labute approximate surface area is 139 Å². The minimum atomic E-state index is 0.359. The monoisotopic (exact) mass is 339 g/mol. The van der Waals surface area contributed by atoms with Crippen LogP contribution < -0.4 is 5.32 Å². The first-order valence-corrected chi connectivity index (χ1v) is 10.1. The van der Waals surface area contributed by atoms with Gasteiger partial charge in [-0.2, -0.15) is 0 Å². The van der Waals surface area contributed by atoms with Gasteiger partial charge in [-0.05, 0) is 37.3 Å². The van der Waals surface area contributed by atoms with E-state index in [-0.39, 0.29) is 0 Å². The molecular formula is C15H21N3S3. The van der Waals surface area contributed by atoms with Crippen LogP contribution in [0.25, 0.3) is 0 Å². The van der Waals surface area contributed by atoms with Crippen molar-refractivity contribution in [2.45, 2.75) is 35.0 Å². The van der Waals surface area contributed by atoms with Gasteiger partial charge < -0.3 is 5.32 Å². The summed E-state index contributed by atoms with van der Waals surface area (Å²) in [6.07, 6.45) is 3.18. The lowest BCUT2D eigenvalue weighted by Crippen LogP contribution is -2.24. The summed E-state index contributed by atoms with van der Waals surface area (Å²) in [5.41, 5.74) is 2.72. The molecule has 21 heavy (non-hydrogen) atoms. The molecule has 0 saturated carbocycles. The fraction of sp³-hybridized carbons (Fsp3) is 0.467. The van der Waals surface area contributed by atoms with Crippen LogP contribution in [0.4, 0.5) is 0 Å². The van der Waals surface area contributed by atoms with Gasteiger partial charge in [-0.25, -0.2) is 0 Å². The molecule has 0 saturated heterocycles. The molecule has 2 rings (SSSR count). The SMILES string of the molecule is CCCNC(CSc1nnc(SC)s1)c1ccccc1C. The van der Waals surface area contributed by atoms with Crippen molar-refractivity contribution in [2.24, 2.45) is 0 Å². The average Bonchev–Trinajstić information content (AvgIpc) is 2.96. The molecule has 3 nitrogen and oxygen atoms in total. The van der Waals surface area contributed by atoms with Crippen LogP contribution in [-0.2, 0) is 0 Å². The van der Waals surface area contributed by atoms with Crippen molar-refractivity contribution < 1.29 is 0 Å². The van der Waals surface area contributed by atoms with Crippen LogP contribution in [-0.4, -0.2) is 28.8 Å². The molecule has 0 radical (unpaired) electrons. The summed E-state index contributed by atoms with van der Waals surface area (Å²) >= 11 is 5.11. The molecule has 1 N–H and O–H groups in total. The zero-order valence-electron chi connectivity index (χ0n) is 12.6. The van der Waals surface area contributed by atoms with Gasteiger partial charge in [0.15, 0.2) is 8.68 Å². The first-order valence-electron chi connectivity index (χ1n) is 7.03. The Kier molecular flexibility index (Phi) is 7.03. The number of thioether (sulfide) groups is 2. The minimum Gasteiger partial charge on any atom is -0.309 e. The van der Waals surface area contributed by atoms with E-state index in [0.29, 0.717) is 6.04 Å². The van der Waals surface area contributed by atoms with Crippen LogP contribution >= 0.6 is 34.9 Å². The quantitative estimate of drug-likeness (QED) is 0.722. The van der Waals surface area contributed by atoms with Crippen molar-refractivity contribution in [1.29, 1.82) is 0 Å². The topological polar surface area (TPSA) is 37.8 Å². The molecule has 1 atom stereocenters. The second kappa shape index (κ2) is 8.78. The summed E-state index contributed by atoms with van der Waals surface area (Å²) in [5, 5.41) is 12.0. The maximum absolute atomic E-state index is 4.24. The van der Waals surface area contributed by atoms with Crippen molar-refractivity contribution in [1.82, 2.24) is 15.5 Å². The summed E-state index contributed by atoms with van der Waals surface area (Å²) in [6.45, 7) is 5.41. The van der Waals surface area contributed by atoms with Gasteiger partial charge in [0.2, 0.25) is 0 Å². The molecule has 0 spiro atoms. The normalized spacial score (nSPS) is 12.5. The lowest BCUT2D eigenvalue weighted by Gasteiger charge is -2.20. The number of benzene rings is 1. The highest BCUT2D eigenvalue weighted by atomic mass is 32.2. The smallest absolute Gasteiger partial charge is 0.175 e. The largest absolute Gasteiger partial charge is 0.309 e. The average molecular weight is 340 g/mol. The van der Waals surface area contributed by atoms with Crippen molar-refractivity contribution in [2.75, 3.05) is 18.6 Å². The summed E-state index contributed by atoms with van der Waals surface area (Å²) in [5.74, 6) is 0.980. The molecule has 1 aromatic carbocycles. The highest BCUT2D eigenvalue weighted by Crippen LogP contribution is 2.31. The second-order valence-electron chi connectivity index (χ2n) is 4.71. The van der Waals surface area contributed by atoms with Gasteiger partial charge in [0.25, 0.3) is 0 Å². The van der Waals surface area contributed by atoms with E-state index in [2.05, 4.69) is 53.6 Å². The first-order chi connectivity index (χ1) is 10.2. The van der Waals surface area contributed by atoms with Crippen molar-refractivity contribution in [3.8, 4) is 0 Å². The summed E-state index contributed by atoms with van der Waals surface area (Å²) in [4.78, 5) is 0. The maximum Gasteiger partial charge on any atom is 0.175 e. The highest BCUT2D eigenvalue weighted by molar-refractivity contribution is 8.02. The molecular weight excluding hydrogens is 318 g/mol. The fourth-order valence-electron chi connectivity index (χ4n) is 2.05. The zero-order valence-corrected chi connectivity index (χ0v) is 15.1. The van der Waals surface area contributed by atoms with Gasteiger partial charge >= 0.3 is 0 Å². The van der Waals surface area contributed by atoms with E-state index < -0.39 is 0 Å². The summed E-state index contributed by atoms with van der Waals surface area (Å²) < 4.78 is 2.09. The Balaban J connectivity index is 2.04. The zero-order chi connectivity index (χ0) is 15.1. The fourth-order valence-corrected chi connectivity index (χ4v) is 4.59. The number of nitrogens with zero attached hydrogens (tertiary/aromatic N) is 2. The molecule has 114 valence electrons. The third-order valence-electron chi connectivity index (χ3n) is 3.14. The number of aromatic nitrogens is 2. The molecule has 0 aliphatic heterocycles. The van der Waals surface area contributed by atoms with Crippen LogP contribution in [0.5, 0.6) is 0 Å². The highest BCUT2D eigenvalue weighted by Gasteiger charge is 2.14. The van der Waals surface area contributed by atoms with Gasteiger partial charge in [0, 0.05) is 11.8 Å². The number of nitrogens with one attached hydrogen (secondary N) is 1. The standard InChI is InChI=1S/C15H21N3S3/c1-4-9-16-13(12-8-6-5-7-11(12)2)10-20-15-18-17-14(19-3)21-15/h5-8,13,16H,4,9-10H2,1-3H3. The van der Waals surface area contributed by atoms with E-state index in [4.69, 9.17) is 0 Å². The predicted molar refractivity (Wildman–Crippen MR) is 94.6 cm³/mol. The Morgan fingerprint density at radius 2 is 2.00 bits per heavy atom. The molecule has 6 heteroatoms. The Bertz CT molecular complexity index is 557. The summed E-state index contributed by atoms with van der Waals surface area (Å²) in [7, 11) is 0. The molecule has 0 bridgehead atoms. The molecule has 1 aromatic heterocycles. The molecule has 0 aliphatic rings. The maximum atomic E-state index is 4.24. The molecule has 2 aromatic rings. The number of hydrogen-bond donors (Lipinski definition) is 1. The van der Waals surface area contributed by atoms with E-state index in [9.17, 15) is 0 Å². The first kappa shape index (κ1) is 16.8. The summed E-state index contributed by atoms with van der Waals surface area (Å²) in [6, 6.07) is 8.97. The van der Waals surface area contributed by atoms with Gasteiger partial charge in [-0.3, -0.25) is 0 Å². The van der Waals surface area contributed by atoms with Gasteiger partial charge in [-0.15, -0.1) is 10.2 Å². The Morgan fingerprint density at radius 3 is 2.67 bits per heavy atom. The Morgan fingerprint density at radius 1 is 1.24 bits per heavy atom. The third-order valence-corrected chi connectivity index (χ3v) is 6.27. The van der Waals surface area contributed by atoms with Gasteiger partial charge in [0.05, 0.1) is 0 Å². The number of aryl methyl sites for hydroxylation is 1.